The summed E-state index contributed by atoms with van der Waals surface area (Å²) in [5.74, 6) is -27.4. The Labute approximate surface area is 192 Å². The van der Waals surface area contributed by atoms with E-state index in [9.17, 15) is 53.5 Å². The molecule has 2 amide bonds. The van der Waals surface area contributed by atoms with E-state index in [1.165, 1.54) is 0 Å². The molecule has 3 aromatic carbocycles. The van der Waals surface area contributed by atoms with E-state index in [4.69, 9.17) is 11.5 Å². The largest absolute Gasteiger partial charge is 0.366 e. The van der Waals surface area contributed by atoms with E-state index in [0.29, 0.717) is 12.1 Å². The summed E-state index contributed by atoms with van der Waals surface area (Å²) in [7, 11) is 0. The molecular weight excluding hydrogens is 518 g/mol. The van der Waals surface area contributed by atoms with Crippen LogP contribution in [0.1, 0.15) is 20.7 Å². The lowest BCUT2D eigenvalue weighted by molar-refractivity contribution is 0.0967. The maximum atomic E-state index is 14.2. The average molecular weight is 526 g/mol. The number of hydrogen-bond donors (Lipinski definition) is 4. The van der Waals surface area contributed by atoms with Crippen LogP contribution in [0.4, 0.5) is 66.7 Å². The Morgan fingerprint density at radius 3 is 0.917 bits per heavy atom. The zero-order chi connectivity index (χ0) is 27.2. The molecule has 190 valence electrons. The Bertz CT molecular complexity index is 1300. The van der Waals surface area contributed by atoms with Crippen LogP contribution in [0, 0.1) is 58.2 Å². The van der Waals surface area contributed by atoms with Gasteiger partial charge in [0.2, 0.25) is 23.4 Å². The van der Waals surface area contributed by atoms with Crippen LogP contribution in [0.5, 0.6) is 0 Å². The summed E-state index contributed by atoms with van der Waals surface area (Å²) in [6, 6.07) is 0.879. The number of carbonyl (C=O) groups is 2. The molecule has 0 aliphatic heterocycles. The third-order valence-electron chi connectivity index (χ3n) is 4.63. The van der Waals surface area contributed by atoms with E-state index in [-0.39, 0.29) is 0 Å². The quantitative estimate of drug-likeness (QED) is 0.211. The summed E-state index contributed by atoms with van der Waals surface area (Å²) >= 11 is 0. The van der Waals surface area contributed by atoms with Crippen molar-refractivity contribution in [2.24, 2.45) is 11.5 Å². The van der Waals surface area contributed by atoms with E-state index < -0.39 is 104 Å². The van der Waals surface area contributed by atoms with Gasteiger partial charge in [0.25, 0.3) is 0 Å². The Morgan fingerprint density at radius 2 is 0.694 bits per heavy atom. The second-order valence-electron chi connectivity index (χ2n) is 6.81. The van der Waals surface area contributed by atoms with Crippen molar-refractivity contribution in [2.75, 3.05) is 10.6 Å². The van der Waals surface area contributed by atoms with Gasteiger partial charge < -0.3 is 22.1 Å². The van der Waals surface area contributed by atoms with Crippen molar-refractivity contribution in [3.63, 3.8) is 0 Å². The summed E-state index contributed by atoms with van der Waals surface area (Å²) in [6.07, 6.45) is 0. The van der Waals surface area contributed by atoms with E-state index in [0.717, 1.165) is 0 Å². The molecule has 3 rings (SSSR count). The molecule has 36 heavy (non-hydrogen) atoms. The molecule has 0 saturated carbocycles. The van der Waals surface area contributed by atoms with Crippen LogP contribution >= 0.6 is 0 Å². The molecule has 6 N–H and O–H groups in total. The van der Waals surface area contributed by atoms with Gasteiger partial charge in [0.1, 0.15) is 11.4 Å². The zero-order valence-corrected chi connectivity index (χ0v) is 16.9. The molecule has 0 aliphatic rings. The minimum Gasteiger partial charge on any atom is -0.366 e. The Morgan fingerprint density at radius 1 is 0.472 bits per heavy atom. The maximum absolute atomic E-state index is 14.2. The molecule has 0 heterocycles. The molecule has 0 saturated heterocycles. The van der Waals surface area contributed by atoms with Gasteiger partial charge in [0.05, 0.1) is 22.5 Å². The second kappa shape index (κ2) is 9.27. The third kappa shape index (κ3) is 4.20. The van der Waals surface area contributed by atoms with Crippen molar-refractivity contribution in [3.05, 3.63) is 81.4 Å². The predicted molar refractivity (Wildman–Crippen MR) is 103 cm³/mol. The lowest BCUT2D eigenvalue weighted by Crippen LogP contribution is -2.21. The van der Waals surface area contributed by atoms with Crippen molar-refractivity contribution in [1.82, 2.24) is 0 Å². The molecule has 0 fully saturated rings. The lowest BCUT2D eigenvalue weighted by Gasteiger charge is -2.19. The molecule has 16 heteroatoms. The first-order valence-electron chi connectivity index (χ1n) is 9.03. The van der Waals surface area contributed by atoms with E-state index >= 15 is 0 Å². The molecule has 0 bridgehead atoms. The van der Waals surface area contributed by atoms with Crippen LogP contribution < -0.4 is 22.1 Å². The van der Waals surface area contributed by atoms with Gasteiger partial charge in [-0.2, -0.15) is 0 Å². The van der Waals surface area contributed by atoms with Gasteiger partial charge in [-0.1, -0.05) is 0 Å². The second-order valence-corrected chi connectivity index (χ2v) is 6.81. The highest BCUT2D eigenvalue weighted by Gasteiger charge is 2.29. The Balaban J connectivity index is 2.32. The van der Waals surface area contributed by atoms with Crippen LogP contribution in [0.15, 0.2) is 12.1 Å². The topological polar surface area (TPSA) is 110 Å². The molecule has 0 aliphatic carbocycles. The average Bonchev–Trinajstić information content (AvgIpc) is 2.84. The van der Waals surface area contributed by atoms with Gasteiger partial charge in [-0.05, 0) is 12.1 Å². The van der Waals surface area contributed by atoms with E-state index in [2.05, 4.69) is 0 Å². The van der Waals surface area contributed by atoms with Crippen molar-refractivity contribution in [3.8, 4) is 0 Å². The molecule has 0 aromatic heterocycles. The number of rotatable bonds is 6. The smallest absolute Gasteiger partial charge is 0.249 e. The standard InChI is InChI=1S/C20H8F10N4O2/c21-7-9(23)13(27)17(14(28)10(7)24)33-5-1-3(19(31)35)4(20(32)36)2-6(5)34-18-15(29)11(25)8(22)12(26)16(18)30/h1-2,33-34H,(H2,31,35)(H2,32,36). The van der Waals surface area contributed by atoms with Crippen LogP contribution in [0.3, 0.4) is 0 Å². The number of anilines is 4. The fourth-order valence-electron chi connectivity index (χ4n) is 2.91. The molecule has 3 aromatic rings. The van der Waals surface area contributed by atoms with Crippen molar-refractivity contribution in [2.45, 2.75) is 0 Å². The Kier molecular flexibility index (Phi) is 6.73. The number of halogens is 10. The molecule has 0 radical (unpaired) electrons. The first-order chi connectivity index (χ1) is 16.7. The zero-order valence-electron chi connectivity index (χ0n) is 16.9. The number of carbonyl (C=O) groups excluding carboxylic acids is 2. The monoisotopic (exact) mass is 526 g/mol. The van der Waals surface area contributed by atoms with Crippen LogP contribution in [0.25, 0.3) is 0 Å². The summed E-state index contributed by atoms with van der Waals surface area (Å²) in [4.78, 5) is 23.4. The van der Waals surface area contributed by atoms with Gasteiger partial charge in [-0.3, -0.25) is 9.59 Å². The SMILES string of the molecule is NC(=O)c1cc(Nc2c(F)c(F)c(F)c(F)c2F)c(Nc2c(F)c(F)c(F)c(F)c2F)cc1C(N)=O. The first-order valence-corrected chi connectivity index (χ1v) is 9.03. The molecule has 6 nitrogen and oxygen atoms in total. The normalized spacial score (nSPS) is 10.9. The van der Waals surface area contributed by atoms with Gasteiger partial charge in [0.15, 0.2) is 46.5 Å². The summed E-state index contributed by atoms with van der Waals surface area (Å²) in [6.45, 7) is 0. The number of primary amides is 2. The first kappa shape index (κ1) is 26.1. The summed E-state index contributed by atoms with van der Waals surface area (Å²) in [5.41, 5.74) is 3.05. The molecule has 0 spiro atoms. The van der Waals surface area contributed by atoms with Crippen molar-refractivity contribution >= 4 is 34.6 Å². The summed E-state index contributed by atoms with van der Waals surface area (Å²) < 4.78 is 138. The molecule has 0 atom stereocenters. The van der Waals surface area contributed by atoms with E-state index in [1.807, 2.05) is 0 Å². The highest BCUT2D eigenvalue weighted by atomic mass is 19.2. The van der Waals surface area contributed by atoms with Crippen LogP contribution in [0.2, 0.25) is 0 Å². The highest BCUT2D eigenvalue weighted by Crippen LogP contribution is 2.37. The van der Waals surface area contributed by atoms with E-state index in [1.54, 1.807) is 10.6 Å². The lowest BCUT2D eigenvalue weighted by atomic mass is 10.0. The summed E-state index contributed by atoms with van der Waals surface area (Å²) in [5, 5.41) is 3.31. The fourth-order valence-corrected chi connectivity index (χ4v) is 2.91. The number of nitrogens with two attached hydrogens (primary N) is 2. The minimum atomic E-state index is -2.54. The Hall–Kier alpha value is -4.50. The predicted octanol–water partition coefficient (Wildman–Crippen LogP) is 4.76. The maximum Gasteiger partial charge on any atom is 0.249 e. The molecule has 0 unspecified atom stereocenters. The van der Waals surface area contributed by atoms with Gasteiger partial charge >= 0.3 is 0 Å². The van der Waals surface area contributed by atoms with Crippen molar-refractivity contribution < 1.29 is 53.5 Å². The number of hydrogen-bond acceptors (Lipinski definition) is 4. The van der Waals surface area contributed by atoms with Crippen LogP contribution in [-0.2, 0) is 0 Å². The molecular formula is C20H8F10N4O2. The highest BCUT2D eigenvalue weighted by molar-refractivity contribution is 6.08. The van der Waals surface area contributed by atoms with Gasteiger partial charge in [0, 0.05) is 0 Å². The minimum absolute atomic E-state index is 0.439. The van der Waals surface area contributed by atoms with Gasteiger partial charge in [-0.25, -0.2) is 43.9 Å². The number of nitrogens with one attached hydrogen (secondary N) is 2. The van der Waals surface area contributed by atoms with Gasteiger partial charge in [-0.15, -0.1) is 0 Å². The van der Waals surface area contributed by atoms with Crippen molar-refractivity contribution in [1.29, 1.82) is 0 Å². The third-order valence-corrected chi connectivity index (χ3v) is 4.63. The number of benzene rings is 3. The van der Waals surface area contributed by atoms with Crippen LogP contribution in [-0.4, -0.2) is 11.8 Å². The number of amides is 2. The fraction of sp³-hybridized carbons (Fsp3) is 0.